The van der Waals surface area contributed by atoms with Crippen molar-refractivity contribution in [3.8, 4) is 0 Å². The topological polar surface area (TPSA) is 78.6 Å². The predicted octanol–water partition coefficient (Wildman–Crippen LogP) is 4.06. The largest absolute Gasteiger partial charge is 0.399 e. The molecule has 35 heavy (non-hydrogen) atoms. The molecule has 2 N–H and O–H groups in total. The summed E-state index contributed by atoms with van der Waals surface area (Å²) in [6, 6.07) is 15.1. The summed E-state index contributed by atoms with van der Waals surface area (Å²) in [5, 5.41) is 0.787. The SMILES string of the molecule is Nc1ccc(C(=O)N(CCN2CCN(c3ccccc3Cl)CC2)c2ncnc3c2CCCC3)cc1. The molecule has 2 aliphatic rings. The minimum Gasteiger partial charge on any atom is -0.399 e. The molecular weight excluding hydrogens is 460 g/mol. The van der Waals surface area contributed by atoms with Crippen molar-refractivity contribution in [1.82, 2.24) is 14.9 Å². The molecule has 2 aromatic carbocycles. The van der Waals surface area contributed by atoms with Crippen LogP contribution in [0.1, 0.15) is 34.5 Å². The zero-order valence-corrected chi connectivity index (χ0v) is 20.6. The number of nitrogens with two attached hydrogens (primary N) is 1. The van der Waals surface area contributed by atoms with Gasteiger partial charge < -0.3 is 10.6 Å². The molecule has 182 valence electrons. The number of piperazine rings is 1. The number of anilines is 3. The summed E-state index contributed by atoms with van der Waals surface area (Å²) in [6.45, 7) is 4.97. The maximum absolute atomic E-state index is 13.7. The Morgan fingerprint density at radius 3 is 2.49 bits per heavy atom. The highest BCUT2D eigenvalue weighted by molar-refractivity contribution is 6.33. The minimum atomic E-state index is -0.0498. The van der Waals surface area contributed by atoms with E-state index in [0.717, 1.165) is 86.2 Å². The number of aromatic nitrogens is 2. The standard InChI is InChI=1S/C27H31ClN6O/c28-23-6-2-4-8-25(23)33-16-13-32(14-17-33)15-18-34(27(35)20-9-11-21(29)12-10-20)26-22-5-1-3-7-24(22)30-19-31-26/h2,4,6,8-12,19H,1,3,5,7,13-18,29H2. The fourth-order valence-electron chi connectivity index (χ4n) is 4.98. The first kappa shape index (κ1) is 23.6. The number of rotatable bonds is 6. The van der Waals surface area contributed by atoms with Crippen LogP contribution in [0.3, 0.4) is 0 Å². The van der Waals surface area contributed by atoms with Gasteiger partial charge in [-0.25, -0.2) is 9.97 Å². The van der Waals surface area contributed by atoms with Gasteiger partial charge in [0.2, 0.25) is 0 Å². The highest BCUT2D eigenvalue weighted by Crippen LogP contribution is 2.29. The molecule has 0 saturated carbocycles. The molecule has 1 amide bonds. The fourth-order valence-corrected chi connectivity index (χ4v) is 5.24. The number of aryl methyl sites for hydroxylation is 1. The third-order valence-electron chi connectivity index (χ3n) is 6.97. The van der Waals surface area contributed by atoms with Gasteiger partial charge in [0.1, 0.15) is 12.1 Å². The number of benzene rings is 2. The number of carbonyl (C=O) groups excluding carboxylic acids is 1. The van der Waals surface area contributed by atoms with E-state index in [-0.39, 0.29) is 5.91 Å². The van der Waals surface area contributed by atoms with Crippen LogP contribution in [0.5, 0.6) is 0 Å². The Morgan fingerprint density at radius 2 is 1.71 bits per heavy atom. The molecule has 1 saturated heterocycles. The van der Waals surface area contributed by atoms with Crippen molar-refractivity contribution in [1.29, 1.82) is 0 Å². The molecule has 8 heteroatoms. The van der Waals surface area contributed by atoms with E-state index >= 15 is 0 Å². The van der Waals surface area contributed by atoms with E-state index in [4.69, 9.17) is 17.3 Å². The zero-order valence-electron chi connectivity index (χ0n) is 19.9. The van der Waals surface area contributed by atoms with E-state index in [1.54, 1.807) is 30.6 Å². The van der Waals surface area contributed by atoms with Crippen LogP contribution >= 0.6 is 11.6 Å². The molecule has 2 heterocycles. The second kappa shape index (κ2) is 10.6. The number of hydrogen-bond donors (Lipinski definition) is 1. The number of amides is 1. The summed E-state index contributed by atoms with van der Waals surface area (Å²) in [4.78, 5) is 29.4. The summed E-state index contributed by atoms with van der Waals surface area (Å²) in [5.74, 6) is 0.706. The van der Waals surface area contributed by atoms with Crippen LogP contribution in [0.2, 0.25) is 5.02 Å². The maximum Gasteiger partial charge on any atom is 0.259 e. The third-order valence-corrected chi connectivity index (χ3v) is 7.29. The summed E-state index contributed by atoms with van der Waals surface area (Å²) in [7, 11) is 0. The molecule has 5 rings (SSSR count). The van der Waals surface area contributed by atoms with Gasteiger partial charge in [-0.15, -0.1) is 0 Å². The smallest absolute Gasteiger partial charge is 0.259 e. The Kier molecular flexibility index (Phi) is 7.16. The van der Waals surface area contributed by atoms with Gasteiger partial charge in [0.15, 0.2) is 0 Å². The normalized spacial score (nSPS) is 16.1. The van der Waals surface area contributed by atoms with E-state index in [0.29, 0.717) is 17.8 Å². The number of halogens is 1. The van der Waals surface area contributed by atoms with Gasteiger partial charge in [0.25, 0.3) is 5.91 Å². The molecular formula is C27H31ClN6O. The first-order valence-electron chi connectivity index (χ1n) is 12.3. The van der Waals surface area contributed by atoms with E-state index < -0.39 is 0 Å². The Labute approximate surface area is 211 Å². The van der Waals surface area contributed by atoms with Gasteiger partial charge in [-0.3, -0.25) is 14.6 Å². The van der Waals surface area contributed by atoms with Crippen LogP contribution < -0.4 is 15.5 Å². The highest BCUT2D eigenvalue weighted by atomic mass is 35.5. The molecule has 0 bridgehead atoms. The molecule has 1 aliphatic carbocycles. The quantitative estimate of drug-likeness (QED) is 0.525. The molecule has 1 aliphatic heterocycles. The van der Waals surface area contributed by atoms with Crippen molar-refractivity contribution in [3.63, 3.8) is 0 Å². The number of nitrogen functional groups attached to an aromatic ring is 1. The average molecular weight is 491 g/mol. The number of para-hydroxylation sites is 1. The average Bonchev–Trinajstić information content (AvgIpc) is 2.90. The molecule has 1 aromatic heterocycles. The molecule has 0 unspecified atom stereocenters. The molecule has 0 radical (unpaired) electrons. The van der Waals surface area contributed by atoms with Gasteiger partial charge in [-0.2, -0.15) is 0 Å². The lowest BCUT2D eigenvalue weighted by Gasteiger charge is -2.37. The number of nitrogens with zero attached hydrogens (tertiary/aromatic N) is 5. The summed E-state index contributed by atoms with van der Waals surface area (Å²) in [5.41, 5.74) is 10.4. The second-order valence-electron chi connectivity index (χ2n) is 9.19. The van der Waals surface area contributed by atoms with Crippen LogP contribution in [0, 0.1) is 0 Å². The van der Waals surface area contributed by atoms with Gasteiger partial charge >= 0.3 is 0 Å². The highest BCUT2D eigenvalue weighted by Gasteiger charge is 2.26. The molecule has 1 fully saturated rings. The van der Waals surface area contributed by atoms with Crippen LogP contribution in [0.4, 0.5) is 17.2 Å². The van der Waals surface area contributed by atoms with E-state index in [9.17, 15) is 4.79 Å². The van der Waals surface area contributed by atoms with Gasteiger partial charge in [-0.1, -0.05) is 23.7 Å². The Hall–Kier alpha value is -3.16. The lowest BCUT2D eigenvalue weighted by atomic mass is 9.96. The van der Waals surface area contributed by atoms with Crippen molar-refractivity contribution < 1.29 is 4.79 Å². The van der Waals surface area contributed by atoms with Crippen LogP contribution in [0.25, 0.3) is 0 Å². The lowest BCUT2D eigenvalue weighted by Crippen LogP contribution is -2.49. The molecule has 7 nitrogen and oxygen atoms in total. The predicted molar refractivity (Wildman–Crippen MR) is 141 cm³/mol. The molecule has 3 aromatic rings. The second-order valence-corrected chi connectivity index (χ2v) is 9.60. The fraction of sp³-hybridized carbons (Fsp3) is 0.370. The zero-order chi connectivity index (χ0) is 24.2. The third kappa shape index (κ3) is 5.26. The van der Waals surface area contributed by atoms with Crippen molar-refractivity contribution in [3.05, 3.63) is 76.7 Å². The Bertz CT molecular complexity index is 1180. The van der Waals surface area contributed by atoms with Gasteiger partial charge in [-0.05, 0) is 62.1 Å². The molecule has 0 atom stereocenters. The van der Waals surface area contributed by atoms with Crippen LogP contribution in [-0.4, -0.2) is 60.0 Å². The van der Waals surface area contributed by atoms with E-state index in [1.807, 2.05) is 23.1 Å². The summed E-state index contributed by atoms with van der Waals surface area (Å²) >= 11 is 6.41. The Balaban J connectivity index is 1.32. The first-order valence-corrected chi connectivity index (χ1v) is 12.7. The lowest BCUT2D eigenvalue weighted by molar-refractivity contribution is 0.0982. The summed E-state index contributed by atoms with van der Waals surface area (Å²) in [6.07, 6.45) is 5.68. The first-order chi connectivity index (χ1) is 17.1. The van der Waals surface area contributed by atoms with Gasteiger partial charge in [0.05, 0.1) is 10.7 Å². The van der Waals surface area contributed by atoms with E-state index in [2.05, 4.69) is 25.8 Å². The Morgan fingerprint density at radius 1 is 0.971 bits per heavy atom. The van der Waals surface area contributed by atoms with Crippen LogP contribution in [0.15, 0.2) is 54.9 Å². The maximum atomic E-state index is 13.7. The molecule has 0 spiro atoms. The van der Waals surface area contributed by atoms with Crippen molar-refractivity contribution in [2.24, 2.45) is 0 Å². The van der Waals surface area contributed by atoms with Crippen LogP contribution in [-0.2, 0) is 12.8 Å². The minimum absolute atomic E-state index is 0.0498. The van der Waals surface area contributed by atoms with Gasteiger partial charge in [0, 0.05) is 61.8 Å². The van der Waals surface area contributed by atoms with Crippen molar-refractivity contribution >= 4 is 34.7 Å². The van der Waals surface area contributed by atoms with Crippen molar-refractivity contribution in [2.45, 2.75) is 25.7 Å². The monoisotopic (exact) mass is 490 g/mol. The van der Waals surface area contributed by atoms with Crippen molar-refractivity contribution in [2.75, 3.05) is 54.8 Å². The number of fused-ring (bicyclic) bond motifs is 1. The number of hydrogen-bond acceptors (Lipinski definition) is 6. The number of carbonyl (C=O) groups is 1. The van der Waals surface area contributed by atoms with E-state index in [1.165, 1.54) is 0 Å². The summed E-state index contributed by atoms with van der Waals surface area (Å²) < 4.78 is 0.